The van der Waals surface area contributed by atoms with Crippen LogP contribution in [0.4, 0.5) is 11.4 Å². The molecule has 6 heteroatoms. The van der Waals surface area contributed by atoms with Crippen molar-refractivity contribution in [1.29, 1.82) is 0 Å². The largest absolute Gasteiger partial charge is 0.450 e. The highest BCUT2D eigenvalue weighted by molar-refractivity contribution is 9.10. The summed E-state index contributed by atoms with van der Waals surface area (Å²) in [5.74, 6) is 0.495. The molecule has 1 aliphatic carbocycles. The molecule has 0 spiro atoms. The van der Waals surface area contributed by atoms with Crippen molar-refractivity contribution in [2.24, 2.45) is 5.92 Å². The number of carbonyl (C=O) groups is 2. The van der Waals surface area contributed by atoms with Gasteiger partial charge in [0.1, 0.15) is 5.76 Å². The van der Waals surface area contributed by atoms with Crippen molar-refractivity contribution < 1.29 is 14.0 Å². The second kappa shape index (κ2) is 7.05. The fourth-order valence-corrected chi connectivity index (χ4v) is 2.49. The minimum Gasteiger partial charge on any atom is -0.450 e. The third-order valence-corrected chi connectivity index (χ3v) is 4.13. The summed E-state index contributed by atoms with van der Waals surface area (Å²) in [4.78, 5) is 23.9. The molecule has 1 heterocycles. The van der Waals surface area contributed by atoms with Gasteiger partial charge in [-0.05, 0) is 71.6 Å². The Kier molecular flexibility index (Phi) is 4.85. The van der Waals surface area contributed by atoms with E-state index >= 15 is 0 Å². The van der Waals surface area contributed by atoms with Crippen LogP contribution in [0.5, 0.6) is 0 Å². The average Bonchev–Trinajstić information content (AvgIpc) is 3.31. The summed E-state index contributed by atoms with van der Waals surface area (Å²) < 4.78 is 5.91. The van der Waals surface area contributed by atoms with Gasteiger partial charge in [-0.2, -0.15) is 0 Å². The molecule has 0 unspecified atom stereocenters. The van der Waals surface area contributed by atoms with Gasteiger partial charge < -0.3 is 15.1 Å². The lowest BCUT2D eigenvalue weighted by Gasteiger charge is -2.10. The van der Waals surface area contributed by atoms with Crippen LogP contribution in [-0.2, 0) is 9.59 Å². The van der Waals surface area contributed by atoms with Gasteiger partial charge in [0.25, 0.3) is 0 Å². The molecule has 1 fully saturated rings. The Morgan fingerprint density at radius 3 is 2.67 bits per heavy atom. The number of furan rings is 1. The van der Waals surface area contributed by atoms with Gasteiger partial charge in [0.15, 0.2) is 4.67 Å². The fourth-order valence-electron chi connectivity index (χ4n) is 2.17. The second-order valence-corrected chi connectivity index (χ2v) is 6.54. The number of halogens is 1. The van der Waals surface area contributed by atoms with E-state index in [4.69, 9.17) is 4.42 Å². The Morgan fingerprint density at radius 2 is 2.00 bits per heavy atom. The van der Waals surface area contributed by atoms with Crippen LogP contribution in [0.25, 0.3) is 6.08 Å². The highest BCUT2D eigenvalue weighted by Gasteiger charge is 2.29. The van der Waals surface area contributed by atoms with Crippen LogP contribution in [-0.4, -0.2) is 11.8 Å². The van der Waals surface area contributed by atoms with Gasteiger partial charge in [-0.1, -0.05) is 6.07 Å². The molecule has 1 aromatic carbocycles. The van der Waals surface area contributed by atoms with E-state index in [1.165, 1.54) is 6.08 Å². The number of nitrogens with one attached hydrogen (secondary N) is 2. The summed E-state index contributed by atoms with van der Waals surface area (Å²) in [6.07, 6.45) is 4.90. The molecule has 3 rings (SSSR count). The molecule has 2 aromatic rings. The first-order valence-electron chi connectivity index (χ1n) is 7.67. The Hall–Kier alpha value is -2.34. The highest BCUT2D eigenvalue weighted by Crippen LogP contribution is 2.30. The van der Waals surface area contributed by atoms with Crippen LogP contribution in [0.1, 0.15) is 24.2 Å². The molecule has 0 aliphatic heterocycles. The Morgan fingerprint density at radius 1 is 1.21 bits per heavy atom. The number of hydrogen-bond acceptors (Lipinski definition) is 3. The first-order valence-corrected chi connectivity index (χ1v) is 8.46. The maximum absolute atomic E-state index is 12.1. The third-order valence-electron chi connectivity index (χ3n) is 3.70. The van der Waals surface area contributed by atoms with E-state index in [0.29, 0.717) is 21.8 Å². The predicted molar refractivity (Wildman–Crippen MR) is 96.6 cm³/mol. The lowest BCUT2D eigenvalue weighted by atomic mass is 10.1. The van der Waals surface area contributed by atoms with Crippen LogP contribution in [0.15, 0.2) is 45.5 Å². The lowest BCUT2D eigenvalue weighted by Crippen LogP contribution is -2.14. The van der Waals surface area contributed by atoms with Crippen molar-refractivity contribution in [3.05, 3.63) is 52.4 Å². The molecule has 0 radical (unpaired) electrons. The molecule has 124 valence electrons. The van der Waals surface area contributed by atoms with E-state index in [-0.39, 0.29) is 17.7 Å². The first kappa shape index (κ1) is 16.5. The van der Waals surface area contributed by atoms with Crippen molar-refractivity contribution >= 4 is 45.2 Å². The summed E-state index contributed by atoms with van der Waals surface area (Å²) in [6.45, 7) is 1.90. The van der Waals surface area contributed by atoms with E-state index in [1.54, 1.807) is 24.3 Å². The van der Waals surface area contributed by atoms with E-state index in [2.05, 4.69) is 26.6 Å². The van der Waals surface area contributed by atoms with Gasteiger partial charge in [0, 0.05) is 23.4 Å². The van der Waals surface area contributed by atoms with Crippen molar-refractivity contribution in [1.82, 2.24) is 0 Å². The minimum absolute atomic E-state index is 0.0411. The highest BCUT2D eigenvalue weighted by atomic mass is 79.9. The number of carbonyl (C=O) groups excluding carboxylic acids is 2. The summed E-state index contributed by atoms with van der Waals surface area (Å²) in [5, 5.41) is 5.69. The topological polar surface area (TPSA) is 71.3 Å². The molecular formula is C18H17BrN2O3. The SMILES string of the molecule is Cc1ccc(NC(=O)C2CC2)cc1NC(=O)/C=C/c1ccc(Br)o1. The number of anilines is 2. The summed E-state index contributed by atoms with van der Waals surface area (Å²) in [7, 11) is 0. The Labute approximate surface area is 148 Å². The average molecular weight is 389 g/mol. The van der Waals surface area contributed by atoms with Crippen molar-refractivity contribution in [3.8, 4) is 0 Å². The fraction of sp³-hybridized carbons (Fsp3) is 0.222. The van der Waals surface area contributed by atoms with Gasteiger partial charge >= 0.3 is 0 Å². The Bertz CT molecular complexity index is 806. The number of rotatable bonds is 5. The zero-order valence-electron chi connectivity index (χ0n) is 13.1. The minimum atomic E-state index is -0.267. The van der Waals surface area contributed by atoms with Crippen molar-refractivity contribution in [2.45, 2.75) is 19.8 Å². The van der Waals surface area contributed by atoms with Gasteiger partial charge in [-0.25, -0.2) is 0 Å². The zero-order valence-corrected chi connectivity index (χ0v) is 14.7. The smallest absolute Gasteiger partial charge is 0.248 e. The maximum atomic E-state index is 12.1. The number of amides is 2. The third kappa shape index (κ3) is 4.35. The normalized spacial score (nSPS) is 13.9. The monoisotopic (exact) mass is 388 g/mol. The van der Waals surface area contributed by atoms with E-state index in [1.807, 2.05) is 19.1 Å². The van der Waals surface area contributed by atoms with Gasteiger partial charge in [-0.15, -0.1) is 0 Å². The van der Waals surface area contributed by atoms with Crippen molar-refractivity contribution in [2.75, 3.05) is 10.6 Å². The van der Waals surface area contributed by atoms with Crippen LogP contribution < -0.4 is 10.6 Å². The van der Waals surface area contributed by atoms with Gasteiger partial charge in [0.05, 0.1) is 0 Å². The van der Waals surface area contributed by atoms with Gasteiger partial charge in [-0.3, -0.25) is 9.59 Å². The number of hydrogen-bond donors (Lipinski definition) is 2. The standard InChI is InChI=1S/C18H17BrN2O3/c1-11-2-5-13(20-18(23)12-3-4-12)10-15(11)21-17(22)9-7-14-6-8-16(19)24-14/h2,5-10,12H,3-4H2,1H3,(H,20,23)(H,21,22)/b9-7+. The van der Waals surface area contributed by atoms with Crippen LogP contribution in [0.3, 0.4) is 0 Å². The molecule has 2 amide bonds. The molecule has 2 N–H and O–H groups in total. The van der Waals surface area contributed by atoms with E-state index in [9.17, 15) is 9.59 Å². The van der Waals surface area contributed by atoms with E-state index < -0.39 is 0 Å². The molecular weight excluding hydrogens is 372 g/mol. The Balaban J connectivity index is 1.65. The van der Waals surface area contributed by atoms with Crippen LogP contribution >= 0.6 is 15.9 Å². The molecule has 1 aromatic heterocycles. The first-order chi connectivity index (χ1) is 11.5. The molecule has 0 atom stereocenters. The van der Waals surface area contributed by atoms with E-state index in [0.717, 1.165) is 18.4 Å². The van der Waals surface area contributed by atoms with Crippen LogP contribution in [0.2, 0.25) is 0 Å². The van der Waals surface area contributed by atoms with Gasteiger partial charge in [0.2, 0.25) is 11.8 Å². The maximum Gasteiger partial charge on any atom is 0.248 e. The molecule has 1 saturated carbocycles. The summed E-state index contributed by atoms with van der Waals surface area (Å²) in [5.41, 5.74) is 2.27. The predicted octanol–water partition coefficient (Wildman–Crippen LogP) is 4.35. The number of aryl methyl sites for hydroxylation is 1. The molecule has 0 saturated heterocycles. The molecule has 24 heavy (non-hydrogen) atoms. The molecule has 1 aliphatic rings. The quantitative estimate of drug-likeness (QED) is 0.747. The molecule has 5 nitrogen and oxygen atoms in total. The summed E-state index contributed by atoms with van der Waals surface area (Å²) in [6, 6.07) is 8.98. The van der Waals surface area contributed by atoms with Crippen molar-refractivity contribution in [3.63, 3.8) is 0 Å². The second-order valence-electron chi connectivity index (χ2n) is 5.76. The summed E-state index contributed by atoms with van der Waals surface area (Å²) >= 11 is 3.21. The lowest BCUT2D eigenvalue weighted by molar-refractivity contribution is -0.117. The zero-order chi connectivity index (χ0) is 17.1. The van der Waals surface area contributed by atoms with Crippen LogP contribution in [0, 0.1) is 12.8 Å². The number of benzene rings is 1. The molecule has 0 bridgehead atoms.